The van der Waals surface area contributed by atoms with Gasteiger partial charge in [-0.2, -0.15) is 0 Å². The zero-order valence-electron chi connectivity index (χ0n) is 5.97. The van der Waals surface area contributed by atoms with Gasteiger partial charge in [0.1, 0.15) is 0 Å². The summed E-state index contributed by atoms with van der Waals surface area (Å²) in [7, 11) is 1.49. The van der Waals surface area contributed by atoms with Gasteiger partial charge in [0.2, 0.25) is 11.8 Å². The molecular formula is C6H10N2O2. The minimum Gasteiger partial charge on any atom is -0.366 e. The smallest absolute Gasteiger partial charge is 0.246 e. The van der Waals surface area contributed by atoms with Crippen molar-refractivity contribution < 1.29 is 9.59 Å². The van der Waals surface area contributed by atoms with Gasteiger partial charge in [-0.25, -0.2) is 0 Å². The van der Waals surface area contributed by atoms with Crippen LogP contribution in [0.3, 0.4) is 0 Å². The van der Waals surface area contributed by atoms with E-state index in [1.165, 1.54) is 14.0 Å². The maximum Gasteiger partial charge on any atom is 0.246 e. The third kappa shape index (κ3) is 2.86. The molecule has 10 heavy (non-hydrogen) atoms. The fraction of sp³-hybridized carbons (Fsp3) is 0.333. The van der Waals surface area contributed by atoms with Crippen LogP contribution in [0.5, 0.6) is 0 Å². The van der Waals surface area contributed by atoms with Crippen molar-refractivity contribution in [2.24, 2.45) is 5.73 Å². The number of likely N-dealkylation sites (N-methyl/N-ethyl adjacent to an activating group) is 1. The fourth-order valence-corrected chi connectivity index (χ4v) is 0.476. The maximum absolute atomic E-state index is 10.7. The number of nitrogens with two attached hydrogens (primary N) is 1. The Kier molecular flexibility index (Phi) is 3.17. The van der Waals surface area contributed by atoms with Crippen LogP contribution in [0, 0.1) is 0 Å². The van der Waals surface area contributed by atoms with Crippen LogP contribution in [0.15, 0.2) is 11.6 Å². The van der Waals surface area contributed by atoms with Crippen molar-refractivity contribution in [3.05, 3.63) is 11.6 Å². The molecule has 0 unspecified atom stereocenters. The van der Waals surface area contributed by atoms with E-state index in [-0.39, 0.29) is 5.91 Å². The van der Waals surface area contributed by atoms with Gasteiger partial charge in [0.05, 0.1) is 0 Å². The molecule has 0 aliphatic carbocycles. The van der Waals surface area contributed by atoms with Gasteiger partial charge >= 0.3 is 0 Å². The molecule has 3 N–H and O–H groups in total. The highest BCUT2D eigenvalue weighted by Gasteiger charge is 2.00. The molecule has 0 spiro atoms. The predicted molar refractivity (Wildman–Crippen MR) is 37.0 cm³/mol. The summed E-state index contributed by atoms with van der Waals surface area (Å²) in [6.45, 7) is 1.52. The van der Waals surface area contributed by atoms with Gasteiger partial charge < -0.3 is 11.1 Å². The lowest BCUT2D eigenvalue weighted by Gasteiger charge is -1.95. The van der Waals surface area contributed by atoms with E-state index >= 15 is 0 Å². The molecule has 56 valence electrons. The van der Waals surface area contributed by atoms with E-state index in [0.717, 1.165) is 6.08 Å². The van der Waals surface area contributed by atoms with E-state index in [2.05, 4.69) is 5.32 Å². The number of rotatable bonds is 2. The van der Waals surface area contributed by atoms with Crippen molar-refractivity contribution in [2.45, 2.75) is 6.92 Å². The Labute approximate surface area is 59.1 Å². The molecule has 4 heteroatoms. The number of hydrogen-bond acceptors (Lipinski definition) is 2. The molecule has 2 amide bonds. The molecule has 0 aromatic heterocycles. The van der Waals surface area contributed by atoms with Crippen molar-refractivity contribution in [1.82, 2.24) is 5.32 Å². The SMILES string of the molecule is CNC(=O)/C(C)=C/C(N)=O. The molecule has 0 heterocycles. The van der Waals surface area contributed by atoms with Crippen molar-refractivity contribution in [2.75, 3.05) is 7.05 Å². The second-order valence-electron chi connectivity index (χ2n) is 1.81. The molecule has 0 aliphatic heterocycles. The van der Waals surface area contributed by atoms with Crippen LogP contribution < -0.4 is 11.1 Å². The third-order valence-electron chi connectivity index (χ3n) is 0.944. The highest BCUT2D eigenvalue weighted by molar-refractivity contribution is 5.99. The first-order valence-corrected chi connectivity index (χ1v) is 2.77. The molecule has 0 saturated heterocycles. The second kappa shape index (κ2) is 3.66. The van der Waals surface area contributed by atoms with Gasteiger partial charge in [-0.05, 0) is 6.92 Å². The number of primary amides is 1. The number of carbonyl (C=O) groups excluding carboxylic acids is 2. The van der Waals surface area contributed by atoms with E-state index in [1.54, 1.807) is 0 Å². The third-order valence-corrected chi connectivity index (χ3v) is 0.944. The highest BCUT2D eigenvalue weighted by Crippen LogP contribution is 1.89. The van der Waals surface area contributed by atoms with Crippen molar-refractivity contribution in [1.29, 1.82) is 0 Å². The highest BCUT2D eigenvalue weighted by atomic mass is 16.2. The molecule has 0 atom stereocenters. The Hall–Kier alpha value is -1.32. The summed E-state index contributed by atoms with van der Waals surface area (Å²) >= 11 is 0. The summed E-state index contributed by atoms with van der Waals surface area (Å²) in [5.74, 6) is -0.903. The van der Waals surface area contributed by atoms with Crippen LogP contribution in [0.2, 0.25) is 0 Å². The van der Waals surface area contributed by atoms with Crippen molar-refractivity contribution in [3.63, 3.8) is 0 Å². The molecular weight excluding hydrogens is 132 g/mol. The Morgan fingerprint density at radius 3 is 2.30 bits per heavy atom. The summed E-state index contributed by atoms with van der Waals surface area (Å²) in [5, 5.41) is 2.36. The first kappa shape index (κ1) is 8.68. The van der Waals surface area contributed by atoms with Gasteiger partial charge in [0.15, 0.2) is 0 Å². The largest absolute Gasteiger partial charge is 0.366 e. The van der Waals surface area contributed by atoms with Crippen LogP contribution in [0.25, 0.3) is 0 Å². The molecule has 4 nitrogen and oxygen atoms in total. The molecule has 0 aromatic carbocycles. The molecule has 0 radical (unpaired) electrons. The second-order valence-corrected chi connectivity index (χ2v) is 1.81. The minimum absolute atomic E-state index is 0.293. The van der Waals surface area contributed by atoms with E-state index in [4.69, 9.17) is 5.73 Å². The predicted octanol–water partition coefficient (Wildman–Crippen LogP) is -0.836. The van der Waals surface area contributed by atoms with E-state index in [1.807, 2.05) is 0 Å². The summed E-state index contributed by atoms with van der Waals surface area (Å²) in [6, 6.07) is 0. The quantitative estimate of drug-likeness (QED) is 0.493. The first-order valence-electron chi connectivity index (χ1n) is 2.77. The zero-order valence-corrected chi connectivity index (χ0v) is 5.97. The zero-order chi connectivity index (χ0) is 8.15. The number of hydrogen-bond donors (Lipinski definition) is 2. The Bertz CT molecular complexity index is 184. The lowest BCUT2D eigenvalue weighted by Crippen LogP contribution is -2.20. The summed E-state index contributed by atoms with van der Waals surface area (Å²) < 4.78 is 0. The average molecular weight is 142 g/mol. The normalized spacial score (nSPS) is 10.8. The summed E-state index contributed by atoms with van der Waals surface area (Å²) in [4.78, 5) is 20.9. The molecule has 0 saturated carbocycles. The molecule has 0 aliphatic rings. The van der Waals surface area contributed by atoms with Crippen LogP contribution in [-0.4, -0.2) is 18.9 Å². The molecule has 0 fully saturated rings. The average Bonchev–Trinajstić information content (AvgIpc) is 1.85. The van der Waals surface area contributed by atoms with E-state index < -0.39 is 5.91 Å². The van der Waals surface area contributed by atoms with Gasteiger partial charge in [-0.15, -0.1) is 0 Å². The lowest BCUT2D eigenvalue weighted by molar-refractivity contribution is -0.118. The maximum atomic E-state index is 10.7. The minimum atomic E-state index is -0.610. The first-order chi connectivity index (χ1) is 4.57. The van der Waals surface area contributed by atoms with E-state index in [0.29, 0.717) is 5.57 Å². The number of amides is 2. The number of carbonyl (C=O) groups is 2. The monoisotopic (exact) mass is 142 g/mol. The van der Waals surface area contributed by atoms with Crippen LogP contribution >= 0.6 is 0 Å². The molecule has 0 rings (SSSR count). The Morgan fingerprint density at radius 2 is 2.00 bits per heavy atom. The van der Waals surface area contributed by atoms with Gasteiger partial charge in [0.25, 0.3) is 0 Å². The van der Waals surface area contributed by atoms with E-state index in [9.17, 15) is 9.59 Å². The Balaban J connectivity index is 4.19. The molecule has 0 bridgehead atoms. The van der Waals surface area contributed by atoms with Gasteiger partial charge in [0, 0.05) is 18.7 Å². The van der Waals surface area contributed by atoms with Crippen molar-refractivity contribution in [3.8, 4) is 0 Å². The van der Waals surface area contributed by atoms with Crippen LogP contribution in [0.4, 0.5) is 0 Å². The topological polar surface area (TPSA) is 72.2 Å². The molecule has 0 aromatic rings. The summed E-state index contributed by atoms with van der Waals surface area (Å²) in [6.07, 6.45) is 1.08. The lowest BCUT2D eigenvalue weighted by atomic mass is 10.2. The number of nitrogens with one attached hydrogen (secondary N) is 1. The summed E-state index contributed by atoms with van der Waals surface area (Å²) in [5.41, 5.74) is 5.11. The van der Waals surface area contributed by atoms with Crippen LogP contribution in [-0.2, 0) is 9.59 Å². The standard InChI is InChI=1S/C6H10N2O2/c1-4(3-5(7)9)6(10)8-2/h3H,1-2H3,(H2,7,9)(H,8,10)/b4-3+. The Morgan fingerprint density at radius 1 is 1.50 bits per heavy atom. The van der Waals surface area contributed by atoms with Crippen molar-refractivity contribution >= 4 is 11.8 Å². The van der Waals surface area contributed by atoms with Gasteiger partial charge in [-0.1, -0.05) is 0 Å². The van der Waals surface area contributed by atoms with Gasteiger partial charge in [-0.3, -0.25) is 9.59 Å². The van der Waals surface area contributed by atoms with Crippen LogP contribution in [0.1, 0.15) is 6.92 Å². The fourth-order valence-electron chi connectivity index (χ4n) is 0.476.